The van der Waals surface area contributed by atoms with Crippen molar-refractivity contribution in [1.82, 2.24) is 10.2 Å². The van der Waals surface area contributed by atoms with Crippen LogP contribution in [0.1, 0.15) is 57.1 Å². The highest BCUT2D eigenvalue weighted by molar-refractivity contribution is 5.87. The van der Waals surface area contributed by atoms with E-state index in [1.807, 2.05) is 45.0 Å². The van der Waals surface area contributed by atoms with E-state index < -0.39 is 23.5 Å². The minimum absolute atomic E-state index is 0.0705. The van der Waals surface area contributed by atoms with Crippen LogP contribution in [0.4, 0.5) is 4.79 Å². The third-order valence-corrected chi connectivity index (χ3v) is 6.80. The number of carboxylic acid groups (broad SMARTS) is 1. The lowest BCUT2D eigenvalue weighted by Crippen LogP contribution is -2.55. The molecule has 1 fully saturated rings. The minimum atomic E-state index is -0.949. The van der Waals surface area contributed by atoms with Crippen molar-refractivity contribution in [2.45, 2.75) is 52.0 Å². The lowest BCUT2D eigenvalue weighted by Gasteiger charge is -2.34. The Kier molecular flexibility index (Phi) is 7.15. The molecule has 4 rings (SSSR count). The third-order valence-electron chi connectivity index (χ3n) is 6.80. The summed E-state index contributed by atoms with van der Waals surface area (Å²) in [6.45, 7) is 6.45. The first kappa shape index (κ1) is 24.8. The van der Waals surface area contributed by atoms with Gasteiger partial charge in [0, 0.05) is 19.0 Å². The van der Waals surface area contributed by atoms with E-state index in [0.29, 0.717) is 12.5 Å². The maximum atomic E-state index is 13.5. The van der Waals surface area contributed by atoms with E-state index in [1.165, 1.54) is 0 Å². The number of amides is 2. The SMILES string of the molecule is CC(C)(C)[C@H](NC(=O)OCC1c2ccccc2-c2ccccc21)C(=O)N(CCC(=O)O)CC1CC1. The maximum absolute atomic E-state index is 13.5. The number of benzene rings is 2. The summed E-state index contributed by atoms with van der Waals surface area (Å²) in [5, 5.41) is 11.9. The molecule has 7 heteroatoms. The average molecular weight is 479 g/mol. The summed E-state index contributed by atoms with van der Waals surface area (Å²) in [6, 6.07) is 15.4. The Bertz CT molecular complexity index is 1060. The number of nitrogens with zero attached hydrogens (tertiary/aromatic N) is 1. The minimum Gasteiger partial charge on any atom is -0.481 e. The van der Waals surface area contributed by atoms with Crippen molar-refractivity contribution in [3.05, 3.63) is 59.7 Å². The summed E-state index contributed by atoms with van der Waals surface area (Å²) in [7, 11) is 0. The largest absolute Gasteiger partial charge is 0.481 e. The van der Waals surface area contributed by atoms with Crippen molar-refractivity contribution in [2.75, 3.05) is 19.7 Å². The molecular formula is C28H34N2O5. The number of hydrogen-bond acceptors (Lipinski definition) is 4. The Morgan fingerprint density at radius 1 is 1.03 bits per heavy atom. The lowest BCUT2D eigenvalue weighted by atomic mass is 9.85. The molecule has 2 aromatic carbocycles. The molecule has 0 aromatic heterocycles. The van der Waals surface area contributed by atoms with Gasteiger partial charge in [0.25, 0.3) is 0 Å². The number of ether oxygens (including phenoxy) is 1. The number of carboxylic acids is 1. The molecule has 0 radical (unpaired) electrons. The predicted octanol–water partition coefficient (Wildman–Crippen LogP) is 4.65. The van der Waals surface area contributed by atoms with Crippen LogP contribution in [0.2, 0.25) is 0 Å². The fourth-order valence-corrected chi connectivity index (χ4v) is 4.72. The number of hydrogen-bond donors (Lipinski definition) is 2. The Hall–Kier alpha value is -3.35. The van der Waals surface area contributed by atoms with Crippen LogP contribution in [-0.2, 0) is 14.3 Å². The van der Waals surface area contributed by atoms with Crippen LogP contribution in [0, 0.1) is 11.3 Å². The molecule has 1 atom stereocenters. The Labute approximate surface area is 206 Å². The predicted molar refractivity (Wildman–Crippen MR) is 133 cm³/mol. The van der Waals surface area contributed by atoms with Gasteiger partial charge in [0.2, 0.25) is 5.91 Å². The van der Waals surface area contributed by atoms with Gasteiger partial charge in [0.05, 0.1) is 6.42 Å². The molecule has 0 heterocycles. The van der Waals surface area contributed by atoms with Gasteiger partial charge in [-0.25, -0.2) is 4.79 Å². The van der Waals surface area contributed by atoms with Gasteiger partial charge < -0.3 is 20.1 Å². The van der Waals surface area contributed by atoms with E-state index >= 15 is 0 Å². The summed E-state index contributed by atoms with van der Waals surface area (Å²) in [4.78, 5) is 39.1. The van der Waals surface area contributed by atoms with Crippen LogP contribution in [0.15, 0.2) is 48.5 Å². The van der Waals surface area contributed by atoms with E-state index in [1.54, 1.807) is 4.90 Å². The zero-order valence-corrected chi connectivity index (χ0v) is 20.6. The number of carbonyl (C=O) groups is 3. The zero-order valence-electron chi connectivity index (χ0n) is 20.6. The van der Waals surface area contributed by atoms with Crippen LogP contribution in [0.3, 0.4) is 0 Å². The van der Waals surface area contributed by atoms with Gasteiger partial charge in [-0.2, -0.15) is 0 Å². The number of rotatable bonds is 9. The number of fused-ring (bicyclic) bond motifs is 3. The van der Waals surface area contributed by atoms with Crippen molar-refractivity contribution in [3.63, 3.8) is 0 Å². The van der Waals surface area contributed by atoms with Gasteiger partial charge in [-0.05, 0) is 46.4 Å². The summed E-state index contributed by atoms with van der Waals surface area (Å²) >= 11 is 0. The lowest BCUT2D eigenvalue weighted by molar-refractivity contribution is -0.140. The van der Waals surface area contributed by atoms with Gasteiger partial charge in [0.1, 0.15) is 12.6 Å². The molecule has 0 aliphatic heterocycles. The normalized spacial score (nSPS) is 15.6. The van der Waals surface area contributed by atoms with Gasteiger partial charge in [-0.1, -0.05) is 69.3 Å². The fourth-order valence-electron chi connectivity index (χ4n) is 4.72. The highest BCUT2D eigenvalue weighted by atomic mass is 16.5. The van der Waals surface area contributed by atoms with Crippen molar-refractivity contribution >= 4 is 18.0 Å². The van der Waals surface area contributed by atoms with Crippen LogP contribution in [0.25, 0.3) is 11.1 Å². The third kappa shape index (κ3) is 5.84. The van der Waals surface area contributed by atoms with E-state index in [9.17, 15) is 14.4 Å². The van der Waals surface area contributed by atoms with Crippen LogP contribution >= 0.6 is 0 Å². The molecule has 1 saturated carbocycles. The van der Waals surface area contributed by atoms with Crippen molar-refractivity contribution in [2.24, 2.45) is 11.3 Å². The molecule has 2 amide bonds. The number of carbonyl (C=O) groups excluding carboxylic acids is 2. The Morgan fingerprint density at radius 3 is 2.11 bits per heavy atom. The molecule has 2 aromatic rings. The molecule has 7 nitrogen and oxygen atoms in total. The van der Waals surface area contributed by atoms with Gasteiger partial charge >= 0.3 is 12.1 Å². The standard InChI is InChI=1S/C28H34N2O5/c1-28(2,3)25(26(33)30(15-14-24(31)32)16-18-12-13-18)29-27(34)35-17-23-21-10-6-4-8-19(21)20-9-5-7-11-22(20)23/h4-11,18,23,25H,12-17H2,1-3H3,(H,29,34)(H,31,32)/t25-/m1/s1. The second kappa shape index (κ2) is 10.1. The molecule has 35 heavy (non-hydrogen) atoms. The first-order valence-corrected chi connectivity index (χ1v) is 12.3. The quantitative estimate of drug-likeness (QED) is 0.547. The Morgan fingerprint density at radius 2 is 1.60 bits per heavy atom. The molecule has 0 unspecified atom stereocenters. The highest BCUT2D eigenvalue weighted by Crippen LogP contribution is 2.44. The molecule has 186 valence electrons. The van der Waals surface area contributed by atoms with Crippen LogP contribution < -0.4 is 5.32 Å². The molecule has 2 N–H and O–H groups in total. The molecule has 0 bridgehead atoms. The second-order valence-corrected chi connectivity index (χ2v) is 10.6. The molecule has 2 aliphatic carbocycles. The van der Waals surface area contributed by atoms with E-state index in [0.717, 1.165) is 35.1 Å². The van der Waals surface area contributed by atoms with Crippen LogP contribution in [0.5, 0.6) is 0 Å². The first-order valence-electron chi connectivity index (χ1n) is 12.3. The number of aliphatic carboxylic acids is 1. The zero-order chi connectivity index (χ0) is 25.2. The van der Waals surface area contributed by atoms with Crippen molar-refractivity contribution in [3.8, 4) is 11.1 Å². The van der Waals surface area contributed by atoms with E-state index in [2.05, 4.69) is 29.6 Å². The molecule has 0 spiro atoms. The summed E-state index contributed by atoms with van der Waals surface area (Å²) in [5.41, 5.74) is 3.96. The molecule has 2 aliphatic rings. The van der Waals surface area contributed by atoms with Crippen molar-refractivity contribution < 1.29 is 24.2 Å². The highest BCUT2D eigenvalue weighted by Gasteiger charge is 2.38. The summed E-state index contributed by atoms with van der Waals surface area (Å²) < 4.78 is 5.67. The molecular weight excluding hydrogens is 444 g/mol. The topological polar surface area (TPSA) is 95.9 Å². The van der Waals surface area contributed by atoms with E-state index in [4.69, 9.17) is 9.84 Å². The number of nitrogens with one attached hydrogen (secondary N) is 1. The first-order chi connectivity index (χ1) is 16.6. The second-order valence-electron chi connectivity index (χ2n) is 10.6. The van der Waals surface area contributed by atoms with Crippen LogP contribution in [-0.4, -0.2) is 53.7 Å². The Balaban J connectivity index is 1.44. The summed E-state index contributed by atoms with van der Waals surface area (Å²) in [5.74, 6) is -0.878. The van der Waals surface area contributed by atoms with Crippen molar-refractivity contribution in [1.29, 1.82) is 0 Å². The number of alkyl carbamates (subject to hydrolysis) is 1. The smallest absolute Gasteiger partial charge is 0.407 e. The van der Waals surface area contributed by atoms with Gasteiger partial charge in [0.15, 0.2) is 0 Å². The molecule has 0 saturated heterocycles. The monoisotopic (exact) mass is 478 g/mol. The maximum Gasteiger partial charge on any atom is 0.407 e. The van der Waals surface area contributed by atoms with Gasteiger partial charge in [-0.15, -0.1) is 0 Å². The van der Waals surface area contributed by atoms with E-state index in [-0.39, 0.29) is 31.4 Å². The average Bonchev–Trinajstić information content (AvgIpc) is 3.58. The summed E-state index contributed by atoms with van der Waals surface area (Å²) in [6.07, 6.45) is 1.30. The fraction of sp³-hybridized carbons (Fsp3) is 0.464. The van der Waals surface area contributed by atoms with Gasteiger partial charge in [-0.3, -0.25) is 9.59 Å².